The Labute approximate surface area is 97.3 Å². The maximum absolute atomic E-state index is 5.43. The van der Waals surface area contributed by atoms with E-state index in [4.69, 9.17) is 9.47 Å². The van der Waals surface area contributed by atoms with Gasteiger partial charge in [0.15, 0.2) is 5.79 Å². The fourth-order valence-electron chi connectivity index (χ4n) is 3.50. The number of likely N-dealkylation sites (tertiary alicyclic amines) is 1. The van der Waals surface area contributed by atoms with E-state index < -0.39 is 0 Å². The predicted octanol–water partition coefficient (Wildman–Crippen LogP) is 0.574. The van der Waals surface area contributed by atoms with E-state index >= 15 is 0 Å². The normalized spacial score (nSPS) is 42.0. The first-order valence-electron chi connectivity index (χ1n) is 6.35. The van der Waals surface area contributed by atoms with Crippen LogP contribution in [0.2, 0.25) is 0 Å². The fraction of sp³-hybridized carbons (Fsp3) is 1.00. The number of nitrogens with one attached hydrogen (secondary N) is 1. The Morgan fingerprint density at radius 2 is 1.62 bits per heavy atom. The van der Waals surface area contributed by atoms with Gasteiger partial charge in [-0.3, -0.25) is 4.90 Å². The van der Waals surface area contributed by atoms with Crippen LogP contribution in [0, 0.1) is 0 Å². The average Bonchev–Trinajstić information content (AvgIpc) is 2.58. The highest BCUT2D eigenvalue weighted by Crippen LogP contribution is 2.35. The molecule has 0 radical (unpaired) electrons. The van der Waals surface area contributed by atoms with E-state index in [2.05, 4.69) is 10.2 Å². The van der Waals surface area contributed by atoms with Gasteiger partial charge >= 0.3 is 0 Å². The van der Waals surface area contributed by atoms with Crippen molar-refractivity contribution in [3.05, 3.63) is 0 Å². The predicted molar refractivity (Wildman–Crippen MR) is 61.3 cm³/mol. The minimum Gasteiger partial charge on any atom is -0.351 e. The van der Waals surface area contributed by atoms with Crippen molar-refractivity contribution in [1.82, 2.24) is 10.2 Å². The maximum atomic E-state index is 5.43. The number of hydrogen-bond acceptors (Lipinski definition) is 4. The van der Waals surface area contributed by atoms with Crippen LogP contribution in [-0.2, 0) is 9.47 Å². The molecule has 3 aliphatic rings. The molecule has 4 heteroatoms. The van der Waals surface area contributed by atoms with Gasteiger partial charge in [-0.15, -0.1) is 0 Å². The molecule has 3 rings (SSSR count). The van der Waals surface area contributed by atoms with Crippen molar-refractivity contribution >= 4 is 0 Å². The summed E-state index contributed by atoms with van der Waals surface area (Å²) in [5.41, 5.74) is 0. The topological polar surface area (TPSA) is 33.7 Å². The Hall–Kier alpha value is -0.160. The molecule has 92 valence electrons. The van der Waals surface area contributed by atoms with Gasteiger partial charge in [0.25, 0.3) is 0 Å². The average molecular weight is 226 g/mol. The number of fused-ring (bicyclic) bond motifs is 2. The molecule has 3 aliphatic heterocycles. The highest BCUT2D eigenvalue weighted by Gasteiger charge is 2.48. The molecule has 0 saturated carbocycles. The Balaban J connectivity index is 1.57. The lowest BCUT2D eigenvalue weighted by molar-refractivity contribution is -0.283. The summed E-state index contributed by atoms with van der Waals surface area (Å²) in [6, 6.07) is 2.28. The van der Waals surface area contributed by atoms with E-state index in [1.54, 1.807) is 14.2 Å². The van der Waals surface area contributed by atoms with Gasteiger partial charge in [0.1, 0.15) is 0 Å². The first kappa shape index (κ1) is 11.0. The second-order valence-electron chi connectivity index (χ2n) is 5.49. The van der Waals surface area contributed by atoms with Crippen LogP contribution in [0.1, 0.15) is 25.7 Å². The number of methoxy groups -OCH3 is 2. The van der Waals surface area contributed by atoms with Gasteiger partial charge in [0.05, 0.1) is 13.1 Å². The minimum atomic E-state index is -0.316. The van der Waals surface area contributed by atoms with E-state index in [9.17, 15) is 0 Å². The molecule has 0 aromatic heterocycles. The van der Waals surface area contributed by atoms with Gasteiger partial charge in [0, 0.05) is 32.3 Å². The first-order valence-corrected chi connectivity index (χ1v) is 6.35. The monoisotopic (exact) mass is 226 g/mol. The van der Waals surface area contributed by atoms with Crippen LogP contribution in [0.4, 0.5) is 0 Å². The van der Waals surface area contributed by atoms with Gasteiger partial charge in [-0.05, 0) is 25.7 Å². The Bertz CT molecular complexity index is 248. The third-order valence-electron chi connectivity index (χ3n) is 4.60. The molecule has 4 nitrogen and oxygen atoms in total. The molecule has 2 unspecified atom stereocenters. The summed E-state index contributed by atoms with van der Waals surface area (Å²) < 4.78 is 10.9. The summed E-state index contributed by atoms with van der Waals surface area (Å²) in [4.78, 5) is 2.53. The van der Waals surface area contributed by atoms with Gasteiger partial charge in [-0.1, -0.05) is 0 Å². The van der Waals surface area contributed by atoms with Crippen LogP contribution in [0.3, 0.4) is 0 Å². The number of ether oxygens (including phenoxy) is 2. The first-order chi connectivity index (χ1) is 7.74. The van der Waals surface area contributed by atoms with E-state index in [1.807, 2.05) is 0 Å². The second kappa shape index (κ2) is 3.95. The van der Waals surface area contributed by atoms with Crippen LogP contribution in [0.25, 0.3) is 0 Å². The van der Waals surface area contributed by atoms with E-state index in [0.29, 0.717) is 0 Å². The van der Waals surface area contributed by atoms with Crippen molar-refractivity contribution in [2.24, 2.45) is 0 Å². The van der Waals surface area contributed by atoms with Crippen molar-refractivity contribution in [1.29, 1.82) is 0 Å². The van der Waals surface area contributed by atoms with Gasteiger partial charge in [-0.2, -0.15) is 0 Å². The smallest absolute Gasteiger partial charge is 0.193 e. The van der Waals surface area contributed by atoms with E-state index in [0.717, 1.165) is 31.2 Å². The molecule has 0 aromatic carbocycles. The zero-order chi connectivity index (χ0) is 11.2. The summed E-state index contributed by atoms with van der Waals surface area (Å²) in [6.07, 6.45) is 5.35. The van der Waals surface area contributed by atoms with Gasteiger partial charge < -0.3 is 14.8 Å². The molecule has 3 fully saturated rings. The lowest BCUT2D eigenvalue weighted by Gasteiger charge is -2.52. The fourth-order valence-corrected chi connectivity index (χ4v) is 3.50. The second-order valence-corrected chi connectivity index (χ2v) is 5.49. The van der Waals surface area contributed by atoms with Crippen molar-refractivity contribution < 1.29 is 9.47 Å². The highest BCUT2D eigenvalue weighted by molar-refractivity contribution is 5.00. The number of rotatable bonds is 3. The number of hydrogen-bond donors (Lipinski definition) is 1. The van der Waals surface area contributed by atoms with Crippen molar-refractivity contribution in [2.75, 3.05) is 27.3 Å². The zero-order valence-corrected chi connectivity index (χ0v) is 10.2. The van der Waals surface area contributed by atoms with Crippen LogP contribution >= 0.6 is 0 Å². The van der Waals surface area contributed by atoms with Gasteiger partial charge in [0.2, 0.25) is 0 Å². The summed E-state index contributed by atoms with van der Waals surface area (Å²) in [7, 11) is 3.49. The Morgan fingerprint density at radius 3 is 2.12 bits per heavy atom. The SMILES string of the molecule is COC1(OC)CN(C2CC3CCC(C2)N3)C1. The molecule has 0 spiro atoms. The third kappa shape index (κ3) is 1.68. The molecule has 0 aromatic rings. The molecule has 2 atom stereocenters. The summed E-state index contributed by atoms with van der Waals surface area (Å²) in [5.74, 6) is -0.316. The molecule has 0 amide bonds. The minimum absolute atomic E-state index is 0.316. The zero-order valence-electron chi connectivity index (χ0n) is 10.2. The largest absolute Gasteiger partial charge is 0.351 e. The molecule has 0 aliphatic carbocycles. The van der Waals surface area contributed by atoms with E-state index in [1.165, 1.54) is 25.7 Å². The molecule has 3 heterocycles. The van der Waals surface area contributed by atoms with Gasteiger partial charge in [-0.25, -0.2) is 0 Å². The Kier molecular flexibility index (Phi) is 2.70. The van der Waals surface area contributed by atoms with Crippen molar-refractivity contribution in [3.63, 3.8) is 0 Å². The molecular formula is C12H22N2O2. The standard InChI is InChI=1S/C12H22N2O2/c1-15-12(16-2)7-14(8-12)11-5-9-3-4-10(6-11)13-9/h9-11,13H,3-8H2,1-2H3. The molecule has 2 bridgehead atoms. The molecule has 3 saturated heterocycles. The lowest BCUT2D eigenvalue weighted by atomic mass is 9.93. The van der Waals surface area contributed by atoms with Crippen molar-refractivity contribution in [3.8, 4) is 0 Å². The lowest BCUT2D eigenvalue weighted by Crippen LogP contribution is -2.68. The summed E-state index contributed by atoms with van der Waals surface area (Å²) >= 11 is 0. The summed E-state index contributed by atoms with van der Waals surface area (Å²) in [6.45, 7) is 1.87. The summed E-state index contributed by atoms with van der Waals surface area (Å²) in [5, 5.41) is 3.68. The van der Waals surface area contributed by atoms with Crippen molar-refractivity contribution in [2.45, 2.75) is 49.6 Å². The van der Waals surface area contributed by atoms with E-state index in [-0.39, 0.29) is 5.79 Å². The molecule has 16 heavy (non-hydrogen) atoms. The van der Waals surface area contributed by atoms with Crippen LogP contribution < -0.4 is 5.32 Å². The van der Waals surface area contributed by atoms with Crippen LogP contribution in [0.5, 0.6) is 0 Å². The molecule has 1 N–H and O–H groups in total. The third-order valence-corrected chi connectivity index (χ3v) is 4.60. The number of piperidine rings is 1. The van der Waals surface area contributed by atoms with Crippen LogP contribution in [0.15, 0.2) is 0 Å². The maximum Gasteiger partial charge on any atom is 0.193 e. The number of nitrogens with zero attached hydrogens (tertiary/aromatic N) is 1. The molecular weight excluding hydrogens is 204 g/mol. The van der Waals surface area contributed by atoms with Crippen LogP contribution in [-0.4, -0.2) is 56.1 Å². The quantitative estimate of drug-likeness (QED) is 0.714. The Morgan fingerprint density at radius 1 is 1.06 bits per heavy atom. The highest BCUT2D eigenvalue weighted by atomic mass is 16.7.